The number of nitrogens with one attached hydrogen (secondary N) is 1. The average Bonchev–Trinajstić information content (AvgIpc) is 2.50. The van der Waals surface area contributed by atoms with Crippen LogP contribution in [0.2, 0.25) is 0 Å². The van der Waals surface area contributed by atoms with Gasteiger partial charge in [0.15, 0.2) is 12.1 Å². The molecule has 4 heteroatoms. The number of aromatic nitrogens is 3. The molecule has 1 N–H and O–H groups in total. The van der Waals surface area contributed by atoms with Crippen molar-refractivity contribution in [3.63, 3.8) is 0 Å². The molecular formula is C7H5N3O. The van der Waals surface area contributed by atoms with E-state index in [0.29, 0.717) is 12.1 Å². The first-order chi connectivity index (χ1) is 5.40. The fourth-order valence-corrected chi connectivity index (χ4v) is 0.916. The maximum atomic E-state index is 10.3. The average molecular weight is 147 g/mol. The van der Waals surface area contributed by atoms with E-state index in [1.165, 1.54) is 0 Å². The Kier molecular flexibility index (Phi) is 1.18. The Morgan fingerprint density at radius 1 is 1.45 bits per heavy atom. The molecule has 0 unspecified atom stereocenters. The lowest BCUT2D eigenvalue weighted by molar-refractivity contribution is 0.111. The van der Waals surface area contributed by atoms with E-state index in [9.17, 15) is 4.79 Å². The van der Waals surface area contributed by atoms with Crippen molar-refractivity contribution in [2.75, 3.05) is 0 Å². The van der Waals surface area contributed by atoms with Gasteiger partial charge in [0, 0.05) is 6.20 Å². The van der Waals surface area contributed by atoms with Crippen LogP contribution < -0.4 is 0 Å². The van der Waals surface area contributed by atoms with Gasteiger partial charge < -0.3 is 4.98 Å². The van der Waals surface area contributed by atoms with Crippen LogP contribution in [0.4, 0.5) is 0 Å². The number of rotatable bonds is 1. The minimum absolute atomic E-state index is 0.325. The Morgan fingerprint density at radius 2 is 2.36 bits per heavy atom. The van der Waals surface area contributed by atoms with Crippen molar-refractivity contribution in [1.82, 2.24) is 15.0 Å². The molecule has 0 aromatic carbocycles. The summed E-state index contributed by atoms with van der Waals surface area (Å²) in [6, 6.07) is 1.80. The second kappa shape index (κ2) is 2.16. The summed E-state index contributed by atoms with van der Waals surface area (Å²) in [6.07, 6.45) is 3.90. The lowest BCUT2D eigenvalue weighted by atomic mass is 10.3. The van der Waals surface area contributed by atoms with Crippen molar-refractivity contribution in [3.8, 4) is 11.4 Å². The molecule has 11 heavy (non-hydrogen) atoms. The molecule has 0 aromatic heterocycles. The largest absolute Gasteiger partial charge is 0.336 e. The first-order valence-electron chi connectivity index (χ1n) is 3.15. The Hall–Kier alpha value is -1.71. The number of carbonyl (C=O) groups is 1. The van der Waals surface area contributed by atoms with Crippen molar-refractivity contribution >= 4 is 6.29 Å². The van der Waals surface area contributed by atoms with Gasteiger partial charge in [-0.2, -0.15) is 0 Å². The van der Waals surface area contributed by atoms with E-state index in [0.717, 1.165) is 11.4 Å². The summed E-state index contributed by atoms with van der Waals surface area (Å²) >= 11 is 0. The van der Waals surface area contributed by atoms with Gasteiger partial charge in [-0.25, -0.2) is 4.98 Å². The first-order valence-corrected chi connectivity index (χ1v) is 3.15. The predicted octanol–water partition coefficient (Wildman–Crippen LogP) is 0.722. The van der Waals surface area contributed by atoms with E-state index >= 15 is 0 Å². The van der Waals surface area contributed by atoms with Gasteiger partial charge in [0.05, 0.1) is 11.9 Å². The van der Waals surface area contributed by atoms with Crippen LogP contribution in [0.3, 0.4) is 0 Å². The zero-order chi connectivity index (χ0) is 7.68. The molecule has 0 spiro atoms. The Labute approximate surface area is 62.6 Å². The molecule has 2 aliphatic rings. The van der Waals surface area contributed by atoms with Gasteiger partial charge in [0.1, 0.15) is 5.69 Å². The number of aldehydes is 1. The molecule has 0 aromatic rings. The van der Waals surface area contributed by atoms with Gasteiger partial charge in [-0.1, -0.05) is 0 Å². The van der Waals surface area contributed by atoms with Crippen LogP contribution in [0, 0.1) is 0 Å². The lowest BCUT2D eigenvalue weighted by Gasteiger charge is -1.96. The molecule has 0 aliphatic carbocycles. The van der Waals surface area contributed by atoms with E-state index in [-0.39, 0.29) is 0 Å². The molecule has 0 fully saturated rings. The van der Waals surface area contributed by atoms with Gasteiger partial charge in [-0.05, 0) is 6.07 Å². The standard InChI is InChI=1S/C7H5N3O/c11-4-7-9-3-6-5(10-7)1-2-8-6/h1-4H,(H,9,10). The topological polar surface area (TPSA) is 58.6 Å². The highest BCUT2D eigenvalue weighted by atomic mass is 16.1. The van der Waals surface area contributed by atoms with Gasteiger partial charge >= 0.3 is 0 Å². The number of carbonyl (C=O) groups excluding carboxylic acids is 1. The van der Waals surface area contributed by atoms with Gasteiger partial charge in [-0.3, -0.25) is 9.78 Å². The number of aromatic amines is 1. The normalized spacial score (nSPS) is 10.2. The number of nitrogens with zero attached hydrogens (tertiary/aromatic N) is 2. The molecule has 0 radical (unpaired) electrons. The smallest absolute Gasteiger partial charge is 0.185 e. The monoisotopic (exact) mass is 147 g/mol. The second-order valence-corrected chi connectivity index (χ2v) is 2.13. The van der Waals surface area contributed by atoms with Crippen LogP contribution in [0.5, 0.6) is 0 Å². The van der Waals surface area contributed by atoms with Crippen LogP contribution in [-0.4, -0.2) is 21.2 Å². The van der Waals surface area contributed by atoms with Crippen LogP contribution in [0.1, 0.15) is 10.6 Å². The number of hydrogen-bond donors (Lipinski definition) is 1. The molecule has 0 bridgehead atoms. The minimum atomic E-state index is 0.325. The zero-order valence-corrected chi connectivity index (χ0v) is 5.61. The molecular weight excluding hydrogens is 142 g/mol. The summed E-state index contributed by atoms with van der Waals surface area (Å²) in [5, 5.41) is 0. The third-order valence-electron chi connectivity index (χ3n) is 1.43. The van der Waals surface area contributed by atoms with Gasteiger partial charge in [-0.15, -0.1) is 0 Å². The van der Waals surface area contributed by atoms with E-state index in [1.807, 2.05) is 0 Å². The summed E-state index contributed by atoms with van der Waals surface area (Å²) in [5.41, 5.74) is 1.61. The van der Waals surface area contributed by atoms with Crippen molar-refractivity contribution in [2.24, 2.45) is 0 Å². The third-order valence-corrected chi connectivity index (χ3v) is 1.43. The summed E-state index contributed by atoms with van der Waals surface area (Å²) in [7, 11) is 0. The van der Waals surface area contributed by atoms with Crippen molar-refractivity contribution < 1.29 is 4.79 Å². The highest BCUT2D eigenvalue weighted by Gasteiger charge is 2.03. The van der Waals surface area contributed by atoms with Crippen molar-refractivity contribution in [2.45, 2.75) is 0 Å². The minimum Gasteiger partial charge on any atom is -0.336 e. The molecule has 4 nitrogen and oxygen atoms in total. The lowest BCUT2D eigenvalue weighted by Crippen LogP contribution is -1.94. The van der Waals surface area contributed by atoms with Crippen molar-refractivity contribution in [3.05, 3.63) is 24.3 Å². The molecule has 0 amide bonds. The SMILES string of the molecule is O=Cc1ncc2nccc-2[nH]1. The summed E-state index contributed by atoms with van der Waals surface area (Å²) in [5.74, 6) is 0.325. The number of fused-ring (bicyclic) bond motifs is 1. The van der Waals surface area contributed by atoms with E-state index in [2.05, 4.69) is 15.0 Å². The van der Waals surface area contributed by atoms with E-state index in [1.54, 1.807) is 18.5 Å². The van der Waals surface area contributed by atoms with Gasteiger partial charge in [0.25, 0.3) is 0 Å². The highest BCUT2D eigenvalue weighted by Crippen LogP contribution is 2.14. The third kappa shape index (κ3) is 0.881. The Bertz CT molecular complexity index is 355. The molecule has 54 valence electrons. The summed E-state index contributed by atoms with van der Waals surface area (Å²) < 4.78 is 0. The fourth-order valence-electron chi connectivity index (χ4n) is 0.916. The molecule has 2 rings (SSSR count). The summed E-state index contributed by atoms with van der Waals surface area (Å²) in [4.78, 5) is 20.9. The predicted molar refractivity (Wildman–Crippen MR) is 38.4 cm³/mol. The van der Waals surface area contributed by atoms with Crippen LogP contribution in [0.15, 0.2) is 18.5 Å². The molecule has 0 saturated carbocycles. The molecule has 0 saturated heterocycles. The van der Waals surface area contributed by atoms with E-state index < -0.39 is 0 Å². The first kappa shape index (κ1) is 6.03. The number of hydrogen-bond acceptors (Lipinski definition) is 3. The summed E-state index contributed by atoms with van der Waals surface area (Å²) in [6.45, 7) is 0. The fraction of sp³-hybridized carbons (Fsp3) is 0. The second-order valence-electron chi connectivity index (χ2n) is 2.13. The van der Waals surface area contributed by atoms with Crippen molar-refractivity contribution in [1.29, 1.82) is 0 Å². The molecule has 2 heterocycles. The maximum absolute atomic E-state index is 10.3. The number of H-pyrrole nitrogens is 1. The highest BCUT2D eigenvalue weighted by molar-refractivity contribution is 5.71. The molecule has 2 aliphatic heterocycles. The van der Waals surface area contributed by atoms with E-state index in [4.69, 9.17) is 0 Å². The quantitative estimate of drug-likeness (QED) is 0.604. The zero-order valence-electron chi connectivity index (χ0n) is 5.61. The van der Waals surface area contributed by atoms with Gasteiger partial charge in [0.2, 0.25) is 0 Å². The Morgan fingerprint density at radius 3 is 3.18 bits per heavy atom. The van der Waals surface area contributed by atoms with Crippen LogP contribution >= 0.6 is 0 Å². The molecule has 0 atom stereocenters. The Balaban J connectivity index is 2.68. The van der Waals surface area contributed by atoms with Crippen LogP contribution in [-0.2, 0) is 0 Å². The van der Waals surface area contributed by atoms with Crippen LogP contribution in [0.25, 0.3) is 11.4 Å². The maximum Gasteiger partial charge on any atom is 0.185 e.